The van der Waals surface area contributed by atoms with E-state index < -0.39 is 36.7 Å². The lowest BCUT2D eigenvalue weighted by Gasteiger charge is -2.18. The second kappa shape index (κ2) is 8.14. The van der Waals surface area contributed by atoms with Gasteiger partial charge in [-0.3, -0.25) is 0 Å². The molecule has 178 valence electrons. The van der Waals surface area contributed by atoms with Crippen molar-refractivity contribution in [2.45, 2.75) is 50.8 Å². The number of fused-ring (bicyclic) bond motifs is 1. The number of aryl methyl sites for hydroxylation is 1. The summed E-state index contributed by atoms with van der Waals surface area (Å²) in [4.78, 5) is 13.5. The van der Waals surface area contributed by atoms with Gasteiger partial charge in [0.05, 0.1) is 31.5 Å². The number of imidazole rings is 1. The minimum absolute atomic E-state index is 0.0201. The van der Waals surface area contributed by atoms with Crippen molar-refractivity contribution in [3.05, 3.63) is 47.5 Å². The number of aromatic nitrogens is 4. The first-order valence-electron chi connectivity index (χ1n) is 10.3. The number of halogens is 7. The van der Waals surface area contributed by atoms with Crippen molar-refractivity contribution < 1.29 is 30.7 Å². The van der Waals surface area contributed by atoms with Crippen LogP contribution in [0.2, 0.25) is 0 Å². The molecule has 0 aliphatic carbocycles. The maximum Gasteiger partial charge on any atom is 0.416 e. The van der Waals surface area contributed by atoms with E-state index in [4.69, 9.17) is 0 Å². The summed E-state index contributed by atoms with van der Waals surface area (Å²) >= 11 is 0. The molecule has 12 heteroatoms. The van der Waals surface area contributed by atoms with Gasteiger partial charge in [-0.25, -0.2) is 15.0 Å². The Bertz CT molecular complexity index is 1140. The molecule has 33 heavy (non-hydrogen) atoms. The molecule has 1 saturated heterocycles. The highest BCUT2D eigenvalue weighted by atomic mass is 19.4. The smallest absolute Gasteiger partial charge is 0.342 e. The molecule has 0 radical (unpaired) electrons. The number of anilines is 1. The van der Waals surface area contributed by atoms with Crippen LogP contribution in [0.1, 0.15) is 36.7 Å². The van der Waals surface area contributed by atoms with Gasteiger partial charge in [-0.1, -0.05) is 31.5 Å². The zero-order valence-corrected chi connectivity index (χ0v) is 17.5. The van der Waals surface area contributed by atoms with E-state index in [-0.39, 0.29) is 34.9 Å². The zero-order chi connectivity index (χ0) is 24.0. The number of hydrogen-bond donors (Lipinski definition) is 0. The summed E-state index contributed by atoms with van der Waals surface area (Å²) in [5.41, 5.74) is -0.792. The fourth-order valence-corrected chi connectivity index (χ4v) is 3.79. The SMILES string of the molecule is CCCCc1nc(N2CC(F)(F)C(F)(F)C2)c2ncn(Cc3ccccc3C(F)(F)F)c2n1. The molecule has 1 aliphatic rings. The lowest BCUT2D eigenvalue weighted by Crippen LogP contribution is -2.38. The molecule has 4 rings (SSSR count). The van der Waals surface area contributed by atoms with Gasteiger partial charge in [0.1, 0.15) is 5.82 Å². The molecule has 5 nitrogen and oxygen atoms in total. The summed E-state index contributed by atoms with van der Waals surface area (Å²) in [5.74, 6) is -8.45. The first-order chi connectivity index (χ1) is 15.4. The third kappa shape index (κ3) is 4.34. The Labute approximate surface area is 184 Å². The normalized spacial score (nSPS) is 17.8. The van der Waals surface area contributed by atoms with Crippen molar-refractivity contribution >= 4 is 17.0 Å². The van der Waals surface area contributed by atoms with Gasteiger partial charge in [0, 0.05) is 6.42 Å². The van der Waals surface area contributed by atoms with Gasteiger partial charge < -0.3 is 9.47 Å². The average Bonchev–Trinajstić information content (AvgIpc) is 3.22. The van der Waals surface area contributed by atoms with E-state index in [1.807, 2.05) is 6.92 Å². The van der Waals surface area contributed by atoms with Crippen LogP contribution in [0.25, 0.3) is 11.2 Å². The van der Waals surface area contributed by atoms with Crippen molar-refractivity contribution in [3.8, 4) is 0 Å². The number of rotatable bonds is 6. The summed E-state index contributed by atoms with van der Waals surface area (Å²) in [5, 5.41) is 0. The number of hydrogen-bond acceptors (Lipinski definition) is 4. The van der Waals surface area contributed by atoms with Crippen molar-refractivity contribution in [2.75, 3.05) is 18.0 Å². The van der Waals surface area contributed by atoms with Crippen LogP contribution in [0, 0.1) is 0 Å². The first kappa shape index (κ1) is 23.2. The van der Waals surface area contributed by atoms with Crippen molar-refractivity contribution in [3.63, 3.8) is 0 Å². The van der Waals surface area contributed by atoms with Gasteiger partial charge >= 0.3 is 18.0 Å². The maximum absolute atomic E-state index is 13.8. The maximum atomic E-state index is 13.8. The molecule has 3 heterocycles. The molecule has 1 aromatic carbocycles. The zero-order valence-electron chi connectivity index (χ0n) is 17.5. The van der Waals surface area contributed by atoms with Gasteiger partial charge in [-0.15, -0.1) is 0 Å². The molecule has 2 aromatic heterocycles. The van der Waals surface area contributed by atoms with Crippen LogP contribution in [-0.4, -0.2) is 44.5 Å². The topological polar surface area (TPSA) is 46.8 Å². The molecule has 0 bridgehead atoms. The summed E-state index contributed by atoms with van der Waals surface area (Å²) in [7, 11) is 0. The quantitative estimate of drug-likeness (QED) is 0.453. The lowest BCUT2D eigenvalue weighted by atomic mass is 10.1. The van der Waals surface area contributed by atoms with Gasteiger partial charge in [0.25, 0.3) is 0 Å². The molecule has 0 N–H and O–H groups in total. The Morgan fingerprint density at radius 2 is 1.67 bits per heavy atom. The highest BCUT2D eigenvalue weighted by Crippen LogP contribution is 2.43. The third-order valence-corrected chi connectivity index (χ3v) is 5.52. The second-order valence-corrected chi connectivity index (χ2v) is 8.03. The van der Waals surface area contributed by atoms with Crippen LogP contribution in [0.15, 0.2) is 30.6 Å². The molecule has 0 saturated carbocycles. The predicted octanol–water partition coefficient (Wildman–Crippen LogP) is 5.33. The molecule has 0 atom stereocenters. The van der Waals surface area contributed by atoms with Crippen LogP contribution in [0.3, 0.4) is 0 Å². The molecular formula is C21H20F7N5. The largest absolute Gasteiger partial charge is 0.416 e. The van der Waals surface area contributed by atoms with E-state index in [1.165, 1.54) is 29.1 Å². The van der Waals surface area contributed by atoms with Crippen molar-refractivity contribution in [2.24, 2.45) is 0 Å². The molecular weight excluding hydrogens is 455 g/mol. The Hall–Kier alpha value is -2.92. The fraction of sp³-hybridized carbons (Fsp3) is 0.476. The molecule has 0 amide bonds. The number of unbranched alkanes of at least 4 members (excludes halogenated alkanes) is 1. The monoisotopic (exact) mass is 475 g/mol. The molecule has 1 fully saturated rings. The van der Waals surface area contributed by atoms with E-state index >= 15 is 0 Å². The third-order valence-electron chi connectivity index (χ3n) is 5.52. The van der Waals surface area contributed by atoms with Gasteiger partial charge in [0.2, 0.25) is 0 Å². The van der Waals surface area contributed by atoms with E-state index in [1.54, 1.807) is 0 Å². The van der Waals surface area contributed by atoms with Crippen LogP contribution in [-0.2, 0) is 19.1 Å². The molecule has 0 spiro atoms. The molecule has 0 unspecified atom stereocenters. The summed E-state index contributed by atoms with van der Waals surface area (Å²) in [6, 6.07) is 5.01. The minimum atomic E-state index is -4.58. The molecule has 3 aromatic rings. The van der Waals surface area contributed by atoms with Crippen LogP contribution < -0.4 is 4.90 Å². The van der Waals surface area contributed by atoms with Gasteiger partial charge in [0.15, 0.2) is 17.0 Å². The van der Waals surface area contributed by atoms with Crippen LogP contribution >= 0.6 is 0 Å². The summed E-state index contributed by atoms with van der Waals surface area (Å²) < 4.78 is 96.9. The van der Waals surface area contributed by atoms with E-state index in [0.29, 0.717) is 12.8 Å². The lowest BCUT2D eigenvalue weighted by molar-refractivity contribution is -0.172. The van der Waals surface area contributed by atoms with E-state index in [9.17, 15) is 30.7 Å². The second-order valence-electron chi connectivity index (χ2n) is 8.03. The summed E-state index contributed by atoms with van der Waals surface area (Å²) in [6.07, 6.45) is -1.58. The predicted molar refractivity (Wildman–Crippen MR) is 107 cm³/mol. The van der Waals surface area contributed by atoms with Crippen molar-refractivity contribution in [1.82, 2.24) is 19.5 Å². The van der Waals surface area contributed by atoms with Crippen LogP contribution in [0.5, 0.6) is 0 Å². The Morgan fingerprint density at radius 3 is 2.30 bits per heavy atom. The Balaban J connectivity index is 1.79. The van der Waals surface area contributed by atoms with Gasteiger partial charge in [-0.2, -0.15) is 30.7 Å². The molecule has 1 aliphatic heterocycles. The van der Waals surface area contributed by atoms with Gasteiger partial charge in [-0.05, 0) is 18.1 Å². The van der Waals surface area contributed by atoms with Crippen molar-refractivity contribution in [1.29, 1.82) is 0 Å². The van der Waals surface area contributed by atoms with E-state index in [2.05, 4.69) is 15.0 Å². The number of nitrogens with zero attached hydrogens (tertiary/aromatic N) is 5. The fourth-order valence-electron chi connectivity index (χ4n) is 3.79. The number of alkyl halides is 7. The highest BCUT2D eigenvalue weighted by Gasteiger charge is 2.63. The Morgan fingerprint density at radius 1 is 1.00 bits per heavy atom. The van der Waals surface area contributed by atoms with E-state index in [0.717, 1.165) is 17.4 Å². The Kier molecular flexibility index (Phi) is 5.73. The minimum Gasteiger partial charge on any atom is -0.342 e. The highest BCUT2D eigenvalue weighted by molar-refractivity contribution is 5.84. The first-order valence-corrected chi connectivity index (χ1v) is 10.3. The number of benzene rings is 1. The summed E-state index contributed by atoms with van der Waals surface area (Å²) in [6.45, 7) is -0.826. The standard InChI is InChI=1S/C21H20F7N5/c1-2-3-8-15-30-17-16(18(31-15)33-10-19(22,23)20(24,25)11-33)29-12-32(17)9-13-6-4-5-7-14(13)21(26,27)28/h4-7,12H,2-3,8-11H2,1H3. The average molecular weight is 475 g/mol. The van der Waals surface area contributed by atoms with Crippen LogP contribution in [0.4, 0.5) is 36.6 Å².